The highest BCUT2D eigenvalue weighted by atomic mass is 79.9. The van der Waals surface area contributed by atoms with Crippen molar-refractivity contribution in [2.75, 3.05) is 6.61 Å². The molecule has 0 fully saturated rings. The molecule has 0 saturated heterocycles. The fourth-order valence-corrected chi connectivity index (χ4v) is 1.78. The number of hydrogen-bond acceptors (Lipinski definition) is 2. The van der Waals surface area contributed by atoms with Crippen LogP contribution in [0.2, 0.25) is 5.02 Å². The van der Waals surface area contributed by atoms with Gasteiger partial charge in [0.25, 0.3) is 0 Å². The summed E-state index contributed by atoms with van der Waals surface area (Å²) in [5, 5.41) is 9.40. The van der Waals surface area contributed by atoms with E-state index in [1.54, 1.807) is 12.1 Å². The molecule has 0 aromatic heterocycles. The molecule has 3 N–H and O–H groups in total. The third-order valence-corrected chi connectivity index (χ3v) is 2.19. The largest absolute Gasteiger partial charge is 0.394 e. The van der Waals surface area contributed by atoms with E-state index >= 15 is 0 Å². The van der Waals surface area contributed by atoms with Crippen molar-refractivity contribution in [1.29, 1.82) is 0 Å². The van der Waals surface area contributed by atoms with E-state index in [1.807, 2.05) is 6.07 Å². The van der Waals surface area contributed by atoms with Gasteiger partial charge in [-0.3, -0.25) is 0 Å². The van der Waals surface area contributed by atoms with Crippen LogP contribution in [-0.2, 0) is 0 Å². The van der Waals surface area contributed by atoms with Crippen molar-refractivity contribution in [3.05, 3.63) is 33.3 Å². The second-order valence-electron chi connectivity index (χ2n) is 2.49. The zero-order valence-electron chi connectivity index (χ0n) is 6.30. The minimum absolute atomic E-state index is 0.0766. The predicted molar refractivity (Wildman–Crippen MR) is 53.2 cm³/mol. The number of benzene rings is 1. The first-order valence-electron chi connectivity index (χ1n) is 3.46. The van der Waals surface area contributed by atoms with Gasteiger partial charge in [-0.1, -0.05) is 27.5 Å². The summed E-state index contributed by atoms with van der Waals surface area (Å²) in [6.45, 7) is -0.0766. The first-order valence-corrected chi connectivity index (χ1v) is 4.63. The Morgan fingerprint density at radius 3 is 2.67 bits per heavy atom. The van der Waals surface area contributed by atoms with Crippen LogP contribution in [0.5, 0.6) is 0 Å². The molecule has 1 unspecified atom stereocenters. The molecule has 1 aromatic carbocycles. The molecule has 2 nitrogen and oxygen atoms in total. The molecule has 0 aliphatic heterocycles. The van der Waals surface area contributed by atoms with Crippen LogP contribution >= 0.6 is 27.5 Å². The number of aliphatic hydroxyl groups excluding tert-OH is 1. The van der Waals surface area contributed by atoms with Crippen molar-refractivity contribution < 1.29 is 5.11 Å². The molecule has 0 heterocycles. The van der Waals surface area contributed by atoms with E-state index in [4.69, 9.17) is 22.4 Å². The standard InChI is InChI=1S/C8H9BrClNO/c9-6-1-5(8(11)4-12)2-7(10)3-6/h1-3,8,12H,4,11H2. The Hall–Kier alpha value is -0.0900. The highest BCUT2D eigenvalue weighted by molar-refractivity contribution is 9.10. The van der Waals surface area contributed by atoms with Crippen LogP contribution in [0.3, 0.4) is 0 Å². The summed E-state index contributed by atoms with van der Waals surface area (Å²) in [6, 6.07) is 5.00. The lowest BCUT2D eigenvalue weighted by Crippen LogP contribution is -2.14. The molecule has 66 valence electrons. The first-order chi connectivity index (χ1) is 5.63. The Morgan fingerprint density at radius 1 is 1.50 bits per heavy atom. The van der Waals surface area contributed by atoms with Crippen LogP contribution in [-0.4, -0.2) is 11.7 Å². The zero-order chi connectivity index (χ0) is 9.14. The second kappa shape index (κ2) is 4.23. The van der Waals surface area contributed by atoms with Gasteiger partial charge in [0, 0.05) is 9.50 Å². The minimum atomic E-state index is -0.361. The number of aliphatic hydroxyl groups is 1. The Labute approximate surface area is 84.5 Å². The van der Waals surface area contributed by atoms with Gasteiger partial charge in [-0.05, 0) is 23.8 Å². The maximum Gasteiger partial charge on any atom is 0.0624 e. The quantitative estimate of drug-likeness (QED) is 0.844. The molecule has 0 saturated carbocycles. The van der Waals surface area contributed by atoms with E-state index in [1.165, 1.54) is 0 Å². The van der Waals surface area contributed by atoms with E-state index < -0.39 is 0 Å². The molecule has 0 aliphatic rings. The second-order valence-corrected chi connectivity index (χ2v) is 3.84. The van der Waals surface area contributed by atoms with E-state index in [9.17, 15) is 0 Å². The third-order valence-electron chi connectivity index (χ3n) is 1.51. The fraction of sp³-hybridized carbons (Fsp3) is 0.250. The third kappa shape index (κ3) is 2.45. The average molecular weight is 251 g/mol. The van der Waals surface area contributed by atoms with Gasteiger partial charge in [-0.15, -0.1) is 0 Å². The van der Waals surface area contributed by atoms with Crippen LogP contribution in [0, 0.1) is 0 Å². The van der Waals surface area contributed by atoms with E-state index in [0.717, 1.165) is 10.0 Å². The summed E-state index contributed by atoms with van der Waals surface area (Å²) >= 11 is 9.07. The van der Waals surface area contributed by atoms with Crippen molar-refractivity contribution in [2.45, 2.75) is 6.04 Å². The highest BCUT2D eigenvalue weighted by Gasteiger charge is 2.05. The van der Waals surface area contributed by atoms with E-state index in [2.05, 4.69) is 15.9 Å². The number of hydrogen-bond donors (Lipinski definition) is 2. The summed E-state index contributed by atoms with van der Waals surface area (Å²) in [4.78, 5) is 0. The Balaban J connectivity index is 3.00. The first kappa shape index (κ1) is 9.99. The monoisotopic (exact) mass is 249 g/mol. The molecule has 1 rings (SSSR count). The van der Waals surface area contributed by atoms with Gasteiger partial charge in [0.15, 0.2) is 0 Å². The Morgan fingerprint density at radius 2 is 2.17 bits per heavy atom. The summed E-state index contributed by atoms with van der Waals surface area (Å²) in [6.07, 6.45) is 0. The van der Waals surface area contributed by atoms with Crippen molar-refractivity contribution in [2.24, 2.45) is 5.73 Å². The van der Waals surface area contributed by atoms with Gasteiger partial charge in [0.1, 0.15) is 0 Å². The molecule has 1 aromatic rings. The summed E-state index contributed by atoms with van der Waals surface area (Å²) in [5.41, 5.74) is 6.43. The molecular formula is C8H9BrClNO. The topological polar surface area (TPSA) is 46.2 Å². The molecule has 0 radical (unpaired) electrons. The number of halogens is 2. The average Bonchev–Trinajstić information content (AvgIpc) is 2.01. The normalized spacial score (nSPS) is 13.0. The molecule has 0 spiro atoms. The SMILES string of the molecule is NC(CO)c1cc(Cl)cc(Br)c1. The van der Waals surface area contributed by atoms with E-state index in [0.29, 0.717) is 5.02 Å². The van der Waals surface area contributed by atoms with Crippen molar-refractivity contribution >= 4 is 27.5 Å². The maximum atomic E-state index is 8.79. The number of rotatable bonds is 2. The smallest absolute Gasteiger partial charge is 0.0624 e. The van der Waals surface area contributed by atoms with E-state index in [-0.39, 0.29) is 12.6 Å². The highest BCUT2D eigenvalue weighted by Crippen LogP contribution is 2.22. The molecule has 0 aliphatic carbocycles. The summed E-state index contributed by atoms with van der Waals surface area (Å²) < 4.78 is 0.869. The molecule has 1 atom stereocenters. The summed E-state index contributed by atoms with van der Waals surface area (Å²) in [5.74, 6) is 0. The number of nitrogens with two attached hydrogens (primary N) is 1. The van der Waals surface area contributed by atoms with Gasteiger partial charge in [-0.25, -0.2) is 0 Å². The molecule has 12 heavy (non-hydrogen) atoms. The van der Waals surface area contributed by atoms with Crippen molar-refractivity contribution in [1.82, 2.24) is 0 Å². The van der Waals surface area contributed by atoms with Crippen LogP contribution in [0.1, 0.15) is 11.6 Å². The van der Waals surface area contributed by atoms with Gasteiger partial charge < -0.3 is 10.8 Å². The lowest BCUT2D eigenvalue weighted by atomic mass is 10.1. The van der Waals surface area contributed by atoms with Crippen molar-refractivity contribution in [3.63, 3.8) is 0 Å². The molecule has 0 bridgehead atoms. The van der Waals surface area contributed by atoms with Crippen molar-refractivity contribution in [3.8, 4) is 0 Å². The van der Waals surface area contributed by atoms with Gasteiger partial charge in [0.05, 0.1) is 12.6 Å². The van der Waals surface area contributed by atoms with Crippen LogP contribution in [0.25, 0.3) is 0 Å². The zero-order valence-corrected chi connectivity index (χ0v) is 8.64. The fourth-order valence-electron chi connectivity index (χ4n) is 0.895. The Bertz CT molecular complexity index is 260. The molecular weight excluding hydrogens is 241 g/mol. The van der Waals surface area contributed by atoms with Gasteiger partial charge in [0.2, 0.25) is 0 Å². The van der Waals surface area contributed by atoms with Gasteiger partial charge in [-0.2, -0.15) is 0 Å². The van der Waals surface area contributed by atoms with Crippen LogP contribution in [0.15, 0.2) is 22.7 Å². The van der Waals surface area contributed by atoms with Gasteiger partial charge >= 0.3 is 0 Å². The van der Waals surface area contributed by atoms with Crippen LogP contribution < -0.4 is 5.73 Å². The molecule has 4 heteroatoms. The predicted octanol–water partition coefficient (Wildman–Crippen LogP) is 2.09. The Kier molecular flexibility index (Phi) is 3.53. The summed E-state index contributed by atoms with van der Waals surface area (Å²) in [7, 11) is 0. The molecule has 0 amide bonds. The lowest BCUT2D eigenvalue weighted by molar-refractivity contribution is 0.268. The maximum absolute atomic E-state index is 8.79. The van der Waals surface area contributed by atoms with Crippen LogP contribution in [0.4, 0.5) is 0 Å². The lowest BCUT2D eigenvalue weighted by Gasteiger charge is -2.08. The minimum Gasteiger partial charge on any atom is -0.394 e.